The van der Waals surface area contributed by atoms with Gasteiger partial charge in [0.2, 0.25) is 0 Å². The quantitative estimate of drug-likeness (QED) is 0.810. The maximum absolute atomic E-state index is 13.7. The summed E-state index contributed by atoms with van der Waals surface area (Å²) in [5, 5.41) is 2.52. The van der Waals surface area contributed by atoms with Crippen molar-refractivity contribution < 1.29 is 13.6 Å². The summed E-state index contributed by atoms with van der Waals surface area (Å²) in [7, 11) is 0. The van der Waals surface area contributed by atoms with Gasteiger partial charge < -0.3 is 11.1 Å². The van der Waals surface area contributed by atoms with Crippen molar-refractivity contribution in [3.8, 4) is 11.4 Å². The molecule has 1 aliphatic rings. The van der Waals surface area contributed by atoms with Crippen LogP contribution in [0.3, 0.4) is 0 Å². The number of fused-ring (bicyclic) bond motifs is 1. The van der Waals surface area contributed by atoms with Gasteiger partial charge in [0.1, 0.15) is 23.0 Å². The van der Waals surface area contributed by atoms with Crippen molar-refractivity contribution in [2.45, 2.75) is 6.54 Å². The Morgan fingerprint density at radius 1 is 1.16 bits per heavy atom. The Labute approximate surface area is 106 Å². The zero-order chi connectivity index (χ0) is 13.6. The molecule has 0 unspecified atom stereocenters. The number of carbonyl (C=O) groups excluding carboxylic acids is 1. The number of amides is 1. The first kappa shape index (κ1) is 11.5. The summed E-state index contributed by atoms with van der Waals surface area (Å²) in [6.45, 7) is 0.171. The number of nitrogens with zero attached hydrogens (tertiary/aromatic N) is 2. The molecule has 96 valence electrons. The normalized spacial score (nSPS) is 13.3. The highest BCUT2D eigenvalue weighted by Crippen LogP contribution is 2.27. The van der Waals surface area contributed by atoms with Crippen LogP contribution in [0.25, 0.3) is 11.4 Å². The van der Waals surface area contributed by atoms with Gasteiger partial charge in [0.05, 0.1) is 17.8 Å². The van der Waals surface area contributed by atoms with Crippen molar-refractivity contribution in [1.82, 2.24) is 15.3 Å². The molecule has 5 nitrogen and oxygen atoms in total. The molecule has 0 saturated heterocycles. The molecule has 0 spiro atoms. The highest BCUT2D eigenvalue weighted by molar-refractivity contribution is 6.01. The zero-order valence-electron chi connectivity index (χ0n) is 9.58. The molecule has 3 rings (SSSR count). The van der Waals surface area contributed by atoms with Crippen LogP contribution in [0.5, 0.6) is 0 Å². The minimum absolute atomic E-state index is 0.0855. The molecule has 1 aliphatic heterocycles. The third-order valence-corrected chi connectivity index (χ3v) is 2.84. The Morgan fingerprint density at radius 2 is 1.84 bits per heavy atom. The number of halogens is 2. The third kappa shape index (κ3) is 1.70. The van der Waals surface area contributed by atoms with E-state index < -0.39 is 11.6 Å². The molecule has 0 bridgehead atoms. The standard InChI is InChI=1S/C12H8F2N4O/c13-5-2-1-3-6(14)8(5)11-17-7-4-16-12(19)9(7)10(15)18-11/h1-3H,4H2,(H,16,19)(H2,15,17,18). The SMILES string of the molecule is Nc1nc(-c2c(F)cccc2F)nc2c1C(=O)NC2. The fourth-order valence-corrected chi connectivity index (χ4v) is 1.98. The second-order valence-electron chi connectivity index (χ2n) is 4.03. The summed E-state index contributed by atoms with van der Waals surface area (Å²) in [5.74, 6) is -2.19. The fourth-order valence-electron chi connectivity index (χ4n) is 1.98. The average molecular weight is 262 g/mol. The van der Waals surface area contributed by atoms with Crippen LogP contribution in [0.15, 0.2) is 18.2 Å². The number of hydrogen-bond donors (Lipinski definition) is 2. The zero-order valence-corrected chi connectivity index (χ0v) is 9.58. The van der Waals surface area contributed by atoms with Gasteiger partial charge in [0.15, 0.2) is 5.82 Å². The van der Waals surface area contributed by atoms with Crippen molar-refractivity contribution in [2.24, 2.45) is 0 Å². The molecule has 2 aromatic rings. The lowest BCUT2D eigenvalue weighted by molar-refractivity contribution is 0.0966. The highest BCUT2D eigenvalue weighted by atomic mass is 19.1. The van der Waals surface area contributed by atoms with Crippen LogP contribution in [0.2, 0.25) is 0 Å². The number of nitrogen functional groups attached to an aromatic ring is 1. The predicted octanol–water partition coefficient (Wildman–Crippen LogP) is 1.25. The van der Waals surface area contributed by atoms with Gasteiger partial charge in [-0.2, -0.15) is 0 Å². The number of carbonyl (C=O) groups is 1. The van der Waals surface area contributed by atoms with E-state index in [1.54, 1.807) is 0 Å². The van der Waals surface area contributed by atoms with Gasteiger partial charge in [-0.1, -0.05) is 6.07 Å². The average Bonchev–Trinajstić information content (AvgIpc) is 2.71. The summed E-state index contributed by atoms with van der Waals surface area (Å²) in [4.78, 5) is 19.3. The van der Waals surface area contributed by atoms with Crippen molar-refractivity contribution in [2.75, 3.05) is 5.73 Å². The third-order valence-electron chi connectivity index (χ3n) is 2.84. The molecule has 0 atom stereocenters. The Kier molecular flexibility index (Phi) is 2.41. The second-order valence-corrected chi connectivity index (χ2v) is 4.03. The Morgan fingerprint density at radius 3 is 2.53 bits per heavy atom. The summed E-state index contributed by atoms with van der Waals surface area (Å²) < 4.78 is 27.3. The molecule has 7 heteroatoms. The lowest BCUT2D eigenvalue weighted by Gasteiger charge is -2.06. The number of aromatic nitrogens is 2. The van der Waals surface area contributed by atoms with E-state index in [1.165, 1.54) is 6.07 Å². The maximum Gasteiger partial charge on any atom is 0.257 e. The number of nitrogens with two attached hydrogens (primary N) is 1. The molecule has 0 radical (unpaired) electrons. The second kappa shape index (κ2) is 3.98. The van der Waals surface area contributed by atoms with Gasteiger partial charge in [0, 0.05) is 0 Å². The van der Waals surface area contributed by atoms with Crippen LogP contribution in [0.4, 0.5) is 14.6 Å². The van der Waals surface area contributed by atoms with Crippen LogP contribution < -0.4 is 11.1 Å². The minimum Gasteiger partial charge on any atom is -0.383 e. The lowest BCUT2D eigenvalue weighted by atomic mass is 10.1. The summed E-state index contributed by atoms with van der Waals surface area (Å²) in [5.41, 5.74) is 5.80. The highest BCUT2D eigenvalue weighted by Gasteiger charge is 2.26. The van der Waals surface area contributed by atoms with Crippen molar-refractivity contribution >= 4 is 11.7 Å². The van der Waals surface area contributed by atoms with Crippen molar-refractivity contribution in [3.05, 3.63) is 41.1 Å². The Hall–Kier alpha value is -2.57. The van der Waals surface area contributed by atoms with Gasteiger partial charge >= 0.3 is 0 Å². The van der Waals surface area contributed by atoms with Crippen LogP contribution in [-0.4, -0.2) is 15.9 Å². The van der Waals surface area contributed by atoms with Gasteiger partial charge in [-0.15, -0.1) is 0 Å². The Balaban J connectivity index is 2.23. The summed E-state index contributed by atoms with van der Waals surface area (Å²) in [6, 6.07) is 3.46. The van der Waals surface area contributed by atoms with Gasteiger partial charge in [0.25, 0.3) is 5.91 Å². The first-order valence-corrected chi connectivity index (χ1v) is 5.47. The fraction of sp³-hybridized carbons (Fsp3) is 0.0833. The number of benzene rings is 1. The topological polar surface area (TPSA) is 80.9 Å². The van der Waals surface area contributed by atoms with E-state index in [2.05, 4.69) is 15.3 Å². The van der Waals surface area contributed by atoms with Crippen LogP contribution >= 0.6 is 0 Å². The maximum atomic E-state index is 13.7. The van der Waals surface area contributed by atoms with E-state index in [9.17, 15) is 13.6 Å². The van der Waals surface area contributed by atoms with E-state index in [4.69, 9.17) is 5.73 Å². The molecule has 3 N–H and O–H groups in total. The minimum atomic E-state index is -0.781. The van der Waals surface area contributed by atoms with Gasteiger partial charge in [-0.25, -0.2) is 18.7 Å². The first-order valence-electron chi connectivity index (χ1n) is 5.47. The first-order chi connectivity index (χ1) is 9.08. The molecular weight excluding hydrogens is 254 g/mol. The molecule has 1 amide bonds. The molecule has 1 aromatic heterocycles. The Bertz CT molecular complexity index is 682. The number of rotatable bonds is 1. The molecular formula is C12H8F2N4O. The predicted molar refractivity (Wildman–Crippen MR) is 63.0 cm³/mol. The number of nitrogens with one attached hydrogen (secondary N) is 1. The molecule has 1 aromatic carbocycles. The smallest absolute Gasteiger partial charge is 0.257 e. The summed E-state index contributed by atoms with van der Waals surface area (Å²) in [6.07, 6.45) is 0. The van der Waals surface area contributed by atoms with Gasteiger partial charge in [-0.05, 0) is 12.1 Å². The van der Waals surface area contributed by atoms with E-state index in [1.807, 2.05) is 0 Å². The van der Waals surface area contributed by atoms with E-state index in [0.717, 1.165) is 12.1 Å². The largest absolute Gasteiger partial charge is 0.383 e. The molecule has 0 saturated carbocycles. The van der Waals surface area contributed by atoms with E-state index >= 15 is 0 Å². The van der Waals surface area contributed by atoms with Crippen molar-refractivity contribution in [1.29, 1.82) is 0 Å². The molecule has 0 fully saturated rings. The van der Waals surface area contributed by atoms with E-state index in [-0.39, 0.29) is 35.2 Å². The molecule has 2 heterocycles. The van der Waals surface area contributed by atoms with Crippen LogP contribution in [0, 0.1) is 11.6 Å². The number of hydrogen-bond acceptors (Lipinski definition) is 4. The molecule has 0 aliphatic carbocycles. The van der Waals surface area contributed by atoms with Crippen LogP contribution in [0.1, 0.15) is 16.1 Å². The summed E-state index contributed by atoms with van der Waals surface area (Å²) >= 11 is 0. The van der Waals surface area contributed by atoms with Crippen molar-refractivity contribution in [3.63, 3.8) is 0 Å². The molecule has 19 heavy (non-hydrogen) atoms. The van der Waals surface area contributed by atoms with Gasteiger partial charge in [-0.3, -0.25) is 4.79 Å². The monoisotopic (exact) mass is 262 g/mol. The van der Waals surface area contributed by atoms with E-state index in [0.29, 0.717) is 5.69 Å². The lowest BCUT2D eigenvalue weighted by Crippen LogP contribution is -2.14. The van der Waals surface area contributed by atoms with Crippen LogP contribution in [-0.2, 0) is 6.54 Å². The number of anilines is 1.